The van der Waals surface area contributed by atoms with E-state index in [1.165, 1.54) is 60.7 Å². The number of nitrogens with zero attached hydrogens (tertiary/aromatic N) is 2. The third-order valence-electron chi connectivity index (χ3n) is 10.6. The molecule has 2 fully saturated rings. The number of aromatic carboxylic acids is 1. The summed E-state index contributed by atoms with van der Waals surface area (Å²) in [5.41, 5.74) is 6.12. The number of benzene rings is 6. The van der Waals surface area contributed by atoms with Crippen LogP contribution in [0.1, 0.15) is 48.4 Å². The van der Waals surface area contributed by atoms with Crippen LogP contribution in [0.2, 0.25) is 0 Å². The Morgan fingerprint density at radius 2 is 0.922 bits per heavy atom. The number of hydrogen-bond donors (Lipinski definition) is 3. The first-order valence-electron chi connectivity index (χ1n) is 20.7. The summed E-state index contributed by atoms with van der Waals surface area (Å²) in [5.74, 6) is -3.13. The molecule has 0 aliphatic carbocycles. The third kappa shape index (κ3) is 11.3. The molecule has 64 heavy (non-hydrogen) atoms. The van der Waals surface area contributed by atoms with Gasteiger partial charge in [-0.05, 0) is 127 Å². The smallest absolute Gasteiger partial charge is 0.338 e. The fourth-order valence-corrected chi connectivity index (χ4v) is 7.13. The van der Waals surface area contributed by atoms with E-state index in [1.54, 1.807) is 31.2 Å². The largest absolute Gasteiger partial charge is 0.478 e. The van der Waals surface area contributed by atoms with Crippen LogP contribution in [0.25, 0.3) is 22.3 Å². The number of carboxylic acids is 1. The van der Waals surface area contributed by atoms with Crippen molar-refractivity contribution in [2.75, 3.05) is 79.6 Å². The first-order chi connectivity index (χ1) is 31.1. The molecule has 2 aliphatic rings. The van der Waals surface area contributed by atoms with Gasteiger partial charge in [0.2, 0.25) is 0 Å². The fraction of sp³-hybridized carbons (Fsp3) is 0.200. The Morgan fingerprint density at radius 3 is 1.30 bits per heavy atom. The van der Waals surface area contributed by atoms with Gasteiger partial charge in [-0.2, -0.15) is 0 Å². The highest BCUT2D eigenvalue weighted by Crippen LogP contribution is 2.28. The molecule has 2 aliphatic heterocycles. The monoisotopic (exact) mass is 868 g/mol. The molecule has 0 atom stereocenters. The van der Waals surface area contributed by atoms with Gasteiger partial charge in [0, 0.05) is 71.2 Å². The van der Waals surface area contributed by atoms with Crippen molar-refractivity contribution in [2.24, 2.45) is 0 Å². The Balaban J connectivity index is 0.000000192. The van der Waals surface area contributed by atoms with Gasteiger partial charge >= 0.3 is 11.9 Å². The molecule has 14 heteroatoms. The highest BCUT2D eigenvalue weighted by molar-refractivity contribution is 6.06. The summed E-state index contributed by atoms with van der Waals surface area (Å²) < 4.78 is 44.6. The molecular weight excluding hydrogens is 823 g/mol. The second kappa shape index (κ2) is 21.1. The molecule has 0 unspecified atom stereocenters. The Morgan fingerprint density at radius 1 is 0.547 bits per heavy atom. The minimum Gasteiger partial charge on any atom is -0.478 e. The quantitative estimate of drug-likeness (QED) is 0.108. The van der Waals surface area contributed by atoms with Gasteiger partial charge in [-0.1, -0.05) is 24.3 Å². The number of carbonyl (C=O) groups is 4. The van der Waals surface area contributed by atoms with Gasteiger partial charge in [-0.25, -0.2) is 18.4 Å². The van der Waals surface area contributed by atoms with Crippen LogP contribution >= 0.6 is 0 Å². The summed E-state index contributed by atoms with van der Waals surface area (Å²) in [5, 5.41) is 14.7. The molecule has 2 saturated heterocycles. The van der Waals surface area contributed by atoms with E-state index in [1.807, 2.05) is 48.5 Å². The first kappa shape index (κ1) is 44.6. The van der Waals surface area contributed by atoms with E-state index < -0.39 is 23.6 Å². The second-order valence-corrected chi connectivity index (χ2v) is 14.8. The zero-order valence-electron chi connectivity index (χ0n) is 35.0. The number of rotatable bonds is 11. The number of carboxylic acid groups (broad SMARTS) is 1. The lowest BCUT2D eigenvalue weighted by Gasteiger charge is -2.28. The second-order valence-electron chi connectivity index (χ2n) is 14.8. The molecule has 2 heterocycles. The minimum absolute atomic E-state index is 0.110. The van der Waals surface area contributed by atoms with Crippen molar-refractivity contribution in [1.82, 2.24) is 0 Å². The zero-order valence-corrected chi connectivity index (χ0v) is 35.0. The standard InChI is InChI=1S/C26H25FN2O4.C24H21FN2O4/c1-2-33-26(31)19-5-3-18(4-6-19)23-17-20(7-12-24(23)27)25(30)28-21-8-10-22(11-9-21)29-13-15-32-16-14-29;25-22-10-5-18(15-21(22)16-1-3-17(4-2-16)24(29)30)23(28)26-19-6-8-20(9-7-19)27-11-13-31-14-12-27/h3-12,17H,2,13-16H2,1H3,(H,28,30);1-10,15H,11-14H2,(H,26,28)(H,29,30). The van der Waals surface area contributed by atoms with Crippen LogP contribution in [0.15, 0.2) is 133 Å². The van der Waals surface area contributed by atoms with Crippen molar-refractivity contribution >= 4 is 46.5 Å². The summed E-state index contributed by atoms with van der Waals surface area (Å²) in [4.78, 5) is 52.8. The molecule has 6 aromatic rings. The van der Waals surface area contributed by atoms with Crippen LogP contribution in [-0.2, 0) is 14.2 Å². The summed E-state index contributed by atoms with van der Waals surface area (Å²) in [6.07, 6.45) is 0. The first-order valence-corrected chi connectivity index (χ1v) is 20.7. The van der Waals surface area contributed by atoms with Crippen molar-refractivity contribution in [3.8, 4) is 22.3 Å². The summed E-state index contributed by atoms with van der Waals surface area (Å²) in [6.45, 7) is 8.16. The predicted molar refractivity (Wildman–Crippen MR) is 241 cm³/mol. The fourth-order valence-electron chi connectivity index (χ4n) is 7.13. The van der Waals surface area contributed by atoms with Crippen LogP contribution in [0.4, 0.5) is 31.5 Å². The van der Waals surface area contributed by atoms with Crippen molar-refractivity contribution < 1.29 is 47.3 Å². The van der Waals surface area contributed by atoms with E-state index in [9.17, 15) is 28.0 Å². The molecule has 0 bridgehead atoms. The number of ether oxygens (including phenoxy) is 3. The number of amides is 2. The molecule has 12 nitrogen and oxygen atoms in total. The maximum atomic E-state index is 14.5. The minimum atomic E-state index is -1.06. The number of esters is 1. The average Bonchev–Trinajstić information content (AvgIpc) is 3.33. The molecule has 0 spiro atoms. The Labute approximate surface area is 369 Å². The van der Waals surface area contributed by atoms with Crippen molar-refractivity contribution in [1.29, 1.82) is 0 Å². The molecule has 0 radical (unpaired) electrons. The van der Waals surface area contributed by atoms with Gasteiger partial charge in [0.15, 0.2) is 0 Å². The Hall–Kier alpha value is -7.42. The molecule has 2 amide bonds. The summed E-state index contributed by atoms with van der Waals surface area (Å²) in [6, 6.07) is 35.8. The lowest BCUT2D eigenvalue weighted by Crippen LogP contribution is -2.36. The van der Waals surface area contributed by atoms with Crippen molar-refractivity contribution in [3.63, 3.8) is 0 Å². The SMILES string of the molecule is CCOC(=O)c1ccc(-c2cc(C(=O)Nc3ccc(N4CCOCC4)cc3)ccc2F)cc1.O=C(O)c1ccc(-c2cc(C(=O)Nc3ccc(N4CCOCC4)cc3)ccc2F)cc1. The van der Waals surface area contributed by atoms with Crippen LogP contribution in [0.5, 0.6) is 0 Å². The highest BCUT2D eigenvalue weighted by atomic mass is 19.1. The molecule has 0 aromatic heterocycles. The predicted octanol–water partition coefficient (Wildman–Crippen LogP) is 9.04. The van der Waals surface area contributed by atoms with Crippen LogP contribution in [0.3, 0.4) is 0 Å². The normalized spacial score (nSPS) is 13.5. The number of halogens is 2. The lowest BCUT2D eigenvalue weighted by atomic mass is 10.0. The molecule has 3 N–H and O–H groups in total. The molecule has 8 rings (SSSR count). The Bertz CT molecular complexity index is 2580. The summed E-state index contributed by atoms with van der Waals surface area (Å²) in [7, 11) is 0. The summed E-state index contributed by atoms with van der Waals surface area (Å²) >= 11 is 0. The molecule has 328 valence electrons. The maximum absolute atomic E-state index is 14.5. The van der Waals surface area contributed by atoms with E-state index in [0.29, 0.717) is 65.6 Å². The van der Waals surface area contributed by atoms with Crippen LogP contribution < -0.4 is 20.4 Å². The maximum Gasteiger partial charge on any atom is 0.338 e. The van der Waals surface area contributed by atoms with Gasteiger partial charge in [-0.3, -0.25) is 9.59 Å². The van der Waals surface area contributed by atoms with Gasteiger partial charge in [-0.15, -0.1) is 0 Å². The molecule has 6 aromatic carbocycles. The van der Waals surface area contributed by atoms with Gasteiger partial charge in [0.25, 0.3) is 11.8 Å². The number of carbonyl (C=O) groups excluding carboxylic acids is 3. The molecular formula is C50H46F2N4O8. The number of hydrogen-bond acceptors (Lipinski definition) is 9. The van der Waals surface area contributed by atoms with E-state index in [0.717, 1.165) is 37.6 Å². The zero-order chi connectivity index (χ0) is 45.0. The van der Waals surface area contributed by atoms with E-state index in [-0.39, 0.29) is 35.1 Å². The van der Waals surface area contributed by atoms with E-state index >= 15 is 0 Å². The van der Waals surface area contributed by atoms with Crippen molar-refractivity contribution in [3.05, 3.63) is 167 Å². The van der Waals surface area contributed by atoms with Gasteiger partial charge in [0.1, 0.15) is 11.6 Å². The van der Waals surface area contributed by atoms with Crippen LogP contribution in [0, 0.1) is 11.6 Å². The average molecular weight is 869 g/mol. The molecule has 0 saturated carbocycles. The van der Waals surface area contributed by atoms with Gasteiger partial charge in [0.05, 0.1) is 44.2 Å². The number of nitrogens with one attached hydrogen (secondary N) is 2. The lowest BCUT2D eigenvalue weighted by molar-refractivity contribution is 0.0525. The van der Waals surface area contributed by atoms with E-state index in [2.05, 4.69) is 20.4 Å². The topological polar surface area (TPSA) is 147 Å². The van der Waals surface area contributed by atoms with Crippen molar-refractivity contribution in [2.45, 2.75) is 6.92 Å². The van der Waals surface area contributed by atoms with Gasteiger partial charge < -0.3 is 39.8 Å². The number of anilines is 4. The van der Waals surface area contributed by atoms with Crippen LogP contribution in [-0.4, -0.2) is 88.1 Å². The third-order valence-corrected chi connectivity index (χ3v) is 10.6. The van der Waals surface area contributed by atoms with E-state index in [4.69, 9.17) is 19.3 Å². The highest BCUT2D eigenvalue weighted by Gasteiger charge is 2.17. The number of morpholine rings is 2. The Kier molecular flexibility index (Phi) is 14.7.